The summed E-state index contributed by atoms with van der Waals surface area (Å²) in [6, 6.07) is 0. The van der Waals surface area contributed by atoms with Gasteiger partial charge in [0.25, 0.3) is 0 Å². The van der Waals surface area contributed by atoms with E-state index in [9.17, 15) is 5.11 Å². The minimum Gasteiger partial charge on any atom is -0.390 e. The molecule has 4 heterocycles. The predicted molar refractivity (Wildman–Crippen MR) is 96.1 cm³/mol. The van der Waals surface area contributed by atoms with Crippen molar-refractivity contribution in [1.29, 1.82) is 0 Å². The number of fused-ring (bicyclic) bond motifs is 1. The Morgan fingerprint density at radius 3 is 2.76 bits per heavy atom. The Morgan fingerprint density at radius 2 is 2.12 bits per heavy atom. The molecule has 3 aromatic rings. The zero-order valence-electron chi connectivity index (χ0n) is 13.8. The Hall–Kier alpha value is -1.74. The van der Waals surface area contributed by atoms with Gasteiger partial charge < -0.3 is 19.3 Å². The van der Waals surface area contributed by atoms with Crippen LogP contribution >= 0.6 is 22.9 Å². The third kappa shape index (κ3) is 2.89. The highest BCUT2D eigenvalue weighted by Crippen LogP contribution is 2.40. The van der Waals surface area contributed by atoms with Gasteiger partial charge in [0.2, 0.25) is 5.58 Å². The molecule has 1 aliphatic heterocycles. The number of pyridine rings is 1. The smallest absolute Gasteiger partial charge is 0.206 e. The Labute approximate surface area is 153 Å². The summed E-state index contributed by atoms with van der Waals surface area (Å²) in [6.45, 7) is 5.13. The van der Waals surface area contributed by atoms with Gasteiger partial charge in [-0.25, -0.2) is 4.98 Å². The molecule has 1 aliphatic rings. The van der Waals surface area contributed by atoms with Crippen LogP contribution in [0.1, 0.15) is 19.5 Å². The van der Waals surface area contributed by atoms with Gasteiger partial charge in [-0.15, -0.1) is 11.3 Å². The van der Waals surface area contributed by atoms with Crippen LogP contribution in [-0.2, 0) is 11.3 Å². The van der Waals surface area contributed by atoms with Gasteiger partial charge in [-0.3, -0.25) is 4.98 Å². The van der Waals surface area contributed by atoms with Crippen molar-refractivity contribution in [3.63, 3.8) is 0 Å². The second kappa shape index (κ2) is 6.53. The molecule has 132 valence electrons. The van der Waals surface area contributed by atoms with Crippen LogP contribution in [0.5, 0.6) is 0 Å². The third-order valence-corrected chi connectivity index (χ3v) is 5.28. The van der Waals surface area contributed by atoms with Gasteiger partial charge in [-0.1, -0.05) is 16.8 Å². The summed E-state index contributed by atoms with van der Waals surface area (Å²) in [5.74, 6) is 0. The van der Waals surface area contributed by atoms with E-state index >= 15 is 0 Å². The van der Waals surface area contributed by atoms with Crippen LogP contribution in [0.3, 0.4) is 0 Å². The molecule has 2 atom stereocenters. The van der Waals surface area contributed by atoms with Crippen LogP contribution in [0, 0.1) is 0 Å². The largest absolute Gasteiger partial charge is 0.390 e. The van der Waals surface area contributed by atoms with Crippen molar-refractivity contribution in [3.8, 4) is 10.6 Å². The van der Waals surface area contributed by atoms with E-state index in [1.54, 1.807) is 11.7 Å². The van der Waals surface area contributed by atoms with Gasteiger partial charge in [0.1, 0.15) is 10.5 Å². The van der Waals surface area contributed by atoms with Crippen molar-refractivity contribution in [2.45, 2.75) is 32.7 Å². The first-order valence-electron chi connectivity index (χ1n) is 7.96. The highest BCUT2D eigenvalue weighted by Gasteiger charge is 2.29. The Morgan fingerprint density at radius 1 is 1.36 bits per heavy atom. The van der Waals surface area contributed by atoms with Crippen LogP contribution in [0.4, 0.5) is 5.69 Å². The number of aliphatic hydroxyl groups excluding tert-OH is 1. The van der Waals surface area contributed by atoms with Crippen LogP contribution in [0.15, 0.2) is 16.2 Å². The summed E-state index contributed by atoms with van der Waals surface area (Å²) in [6.07, 6.45) is 1.82. The second-order valence-corrected chi connectivity index (χ2v) is 7.38. The maximum absolute atomic E-state index is 9.88. The Kier molecular flexibility index (Phi) is 4.36. The molecule has 0 aromatic carbocycles. The second-order valence-electron chi connectivity index (χ2n) is 6.12. The molecule has 0 amide bonds. The Balaban J connectivity index is 1.87. The zero-order valence-corrected chi connectivity index (χ0v) is 15.3. The van der Waals surface area contributed by atoms with Crippen molar-refractivity contribution in [2.75, 3.05) is 18.0 Å². The topological polar surface area (TPSA) is 84.5 Å². The number of aliphatic hydroxyl groups is 1. The number of ether oxygens (including phenoxy) is 1. The van der Waals surface area contributed by atoms with E-state index in [1.165, 1.54) is 11.3 Å². The van der Waals surface area contributed by atoms with Gasteiger partial charge in [-0.05, 0) is 13.8 Å². The van der Waals surface area contributed by atoms with Crippen LogP contribution in [0.25, 0.3) is 21.7 Å². The maximum Gasteiger partial charge on any atom is 0.206 e. The average molecular weight is 381 g/mol. The summed E-state index contributed by atoms with van der Waals surface area (Å²) in [5.41, 5.74) is 4.46. The van der Waals surface area contributed by atoms with E-state index in [0.29, 0.717) is 46.3 Å². The fourth-order valence-corrected chi connectivity index (χ4v) is 4.20. The molecule has 0 saturated carbocycles. The molecule has 9 heteroatoms. The highest BCUT2D eigenvalue weighted by molar-refractivity contribution is 7.13. The van der Waals surface area contributed by atoms with E-state index in [0.717, 1.165) is 4.88 Å². The van der Waals surface area contributed by atoms with Gasteiger partial charge in [0, 0.05) is 19.3 Å². The first-order valence-corrected chi connectivity index (χ1v) is 9.22. The number of anilines is 1. The number of nitrogens with zero attached hydrogens (tertiary/aromatic N) is 4. The van der Waals surface area contributed by atoms with E-state index in [1.807, 2.05) is 13.8 Å². The molecule has 25 heavy (non-hydrogen) atoms. The van der Waals surface area contributed by atoms with Gasteiger partial charge in [-0.2, -0.15) is 0 Å². The normalized spacial score (nSPS) is 21.2. The highest BCUT2D eigenvalue weighted by atomic mass is 35.5. The van der Waals surface area contributed by atoms with E-state index < -0.39 is 0 Å². The molecule has 0 radical (unpaired) electrons. The first-order chi connectivity index (χ1) is 12.1. The van der Waals surface area contributed by atoms with E-state index in [4.69, 9.17) is 20.9 Å². The van der Waals surface area contributed by atoms with Crippen LogP contribution < -0.4 is 4.90 Å². The number of morpholine rings is 1. The standard InChI is InChI=1S/C16H17ClN4O3S/c1-8-4-21(5-9(2)23-8)15-10(6-22)19-14-13(11-3-18-7-25-11)20-24-16(14)12(15)17/h3,7-9,22H,4-6H2,1-2H3. The molecular formula is C16H17ClN4O3S. The lowest BCUT2D eigenvalue weighted by Crippen LogP contribution is -2.46. The fraction of sp³-hybridized carbons (Fsp3) is 0.438. The SMILES string of the molecule is CC1CN(c2c(CO)nc3c(-c4cncs4)noc3c2Cl)CC(C)O1. The summed E-state index contributed by atoms with van der Waals surface area (Å²) in [4.78, 5) is 11.6. The van der Waals surface area contributed by atoms with Crippen molar-refractivity contribution < 1.29 is 14.4 Å². The number of hydrogen-bond acceptors (Lipinski definition) is 8. The van der Waals surface area contributed by atoms with Crippen LogP contribution in [-0.4, -0.2) is 45.5 Å². The van der Waals surface area contributed by atoms with Gasteiger partial charge in [0.05, 0.1) is 40.6 Å². The lowest BCUT2D eigenvalue weighted by atomic mass is 10.1. The van der Waals surface area contributed by atoms with Crippen LogP contribution in [0.2, 0.25) is 5.02 Å². The molecule has 3 aromatic heterocycles. The molecule has 1 saturated heterocycles. The summed E-state index contributed by atoms with van der Waals surface area (Å²) in [7, 11) is 0. The molecular weight excluding hydrogens is 364 g/mol. The number of hydrogen-bond donors (Lipinski definition) is 1. The average Bonchev–Trinajstić information content (AvgIpc) is 3.22. The zero-order chi connectivity index (χ0) is 17.6. The number of rotatable bonds is 3. The maximum atomic E-state index is 9.88. The number of halogens is 1. The fourth-order valence-electron chi connectivity index (χ4n) is 3.24. The monoisotopic (exact) mass is 380 g/mol. The molecule has 0 spiro atoms. The minimum absolute atomic E-state index is 0.0598. The van der Waals surface area contributed by atoms with Crippen molar-refractivity contribution in [3.05, 3.63) is 22.4 Å². The van der Waals surface area contributed by atoms with Crippen molar-refractivity contribution in [1.82, 2.24) is 15.1 Å². The molecule has 7 nitrogen and oxygen atoms in total. The molecule has 0 aliphatic carbocycles. The molecule has 2 unspecified atom stereocenters. The first kappa shape index (κ1) is 16.7. The predicted octanol–water partition coefficient (Wildman–Crippen LogP) is 3.11. The number of thiazole rings is 1. The van der Waals surface area contributed by atoms with Gasteiger partial charge in [0.15, 0.2) is 5.69 Å². The summed E-state index contributed by atoms with van der Waals surface area (Å²) >= 11 is 8.09. The number of aromatic nitrogens is 3. The summed E-state index contributed by atoms with van der Waals surface area (Å²) < 4.78 is 11.3. The van der Waals surface area contributed by atoms with E-state index in [-0.39, 0.29) is 18.8 Å². The molecule has 1 N–H and O–H groups in total. The molecule has 1 fully saturated rings. The van der Waals surface area contributed by atoms with Crippen molar-refractivity contribution >= 4 is 39.7 Å². The quantitative estimate of drug-likeness (QED) is 0.747. The molecule has 4 rings (SSSR count). The minimum atomic E-state index is -0.224. The summed E-state index contributed by atoms with van der Waals surface area (Å²) in [5, 5.41) is 14.4. The third-order valence-electron chi connectivity index (χ3n) is 4.15. The van der Waals surface area contributed by atoms with E-state index in [2.05, 4.69) is 20.0 Å². The van der Waals surface area contributed by atoms with Crippen molar-refractivity contribution in [2.24, 2.45) is 0 Å². The Bertz CT molecular complexity index is 889. The molecule has 0 bridgehead atoms. The lowest BCUT2D eigenvalue weighted by molar-refractivity contribution is -0.00533. The van der Waals surface area contributed by atoms with Gasteiger partial charge >= 0.3 is 0 Å². The lowest BCUT2D eigenvalue weighted by Gasteiger charge is -2.37.